The molecule has 1 N–H and O–H groups in total. The summed E-state index contributed by atoms with van der Waals surface area (Å²) in [6, 6.07) is 14.8. The van der Waals surface area contributed by atoms with Gasteiger partial charge in [-0.2, -0.15) is 0 Å². The van der Waals surface area contributed by atoms with Crippen LogP contribution in [0, 0.1) is 12.8 Å². The van der Waals surface area contributed by atoms with Gasteiger partial charge >= 0.3 is 0 Å². The fourth-order valence-corrected chi connectivity index (χ4v) is 5.22. The van der Waals surface area contributed by atoms with Gasteiger partial charge in [-0.05, 0) is 74.8 Å². The summed E-state index contributed by atoms with van der Waals surface area (Å²) < 4.78 is 6.05. The first-order valence-corrected chi connectivity index (χ1v) is 12.5. The van der Waals surface area contributed by atoms with Crippen LogP contribution in [0.25, 0.3) is 0 Å². The lowest BCUT2D eigenvalue weighted by molar-refractivity contribution is -0.137. The van der Waals surface area contributed by atoms with Crippen molar-refractivity contribution in [1.82, 2.24) is 10.2 Å². The second kappa shape index (κ2) is 9.20. The molecule has 5 nitrogen and oxygen atoms in total. The number of nitrogens with one attached hydrogen (secondary N) is 1. The molecule has 2 unspecified atom stereocenters. The van der Waals surface area contributed by atoms with E-state index in [1.54, 1.807) is 6.92 Å². The van der Waals surface area contributed by atoms with Gasteiger partial charge < -0.3 is 15.0 Å². The van der Waals surface area contributed by atoms with Crippen LogP contribution in [-0.2, 0) is 16.0 Å². The van der Waals surface area contributed by atoms with Gasteiger partial charge in [-0.25, -0.2) is 0 Å². The topological polar surface area (TPSA) is 58.6 Å². The monoisotopic (exact) mass is 446 g/mol. The van der Waals surface area contributed by atoms with E-state index in [2.05, 4.69) is 53.5 Å². The zero-order chi connectivity index (χ0) is 22.9. The molecule has 0 spiro atoms. The highest BCUT2D eigenvalue weighted by Gasteiger charge is 2.36. The minimum absolute atomic E-state index is 0.0663. The zero-order valence-corrected chi connectivity index (χ0v) is 19.7. The molecule has 2 saturated carbocycles. The number of carbonyl (C=O) groups is 2. The van der Waals surface area contributed by atoms with Gasteiger partial charge in [-0.3, -0.25) is 9.59 Å². The minimum atomic E-state index is -0.554. The number of hydrogen-bond donors (Lipinski definition) is 1. The Morgan fingerprint density at radius 3 is 2.45 bits per heavy atom. The van der Waals surface area contributed by atoms with E-state index in [1.165, 1.54) is 11.1 Å². The lowest BCUT2D eigenvalue weighted by Gasteiger charge is -2.39. The highest BCUT2D eigenvalue weighted by molar-refractivity contribution is 5.81. The molecule has 5 heteroatoms. The maximum absolute atomic E-state index is 13.6. The molecule has 2 aliphatic carbocycles. The average Bonchev–Trinajstić information content (AvgIpc) is 3.46. The first-order valence-electron chi connectivity index (χ1n) is 12.5. The summed E-state index contributed by atoms with van der Waals surface area (Å²) in [6.45, 7) is 4.62. The highest BCUT2D eigenvalue weighted by atomic mass is 16.5. The van der Waals surface area contributed by atoms with Gasteiger partial charge in [0, 0.05) is 18.5 Å². The Morgan fingerprint density at radius 1 is 1.03 bits per heavy atom. The van der Waals surface area contributed by atoms with Gasteiger partial charge in [0.1, 0.15) is 5.75 Å². The molecule has 1 aliphatic heterocycles. The number of fused-ring (bicyclic) bond motifs is 1. The summed E-state index contributed by atoms with van der Waals surface area (Å²) in [5.74, 6) is 1.04. The van der Waals surface area contributed by atoms with E-state index in [0.29, 0.717) is 11.8 Å². The van der Waals surface area contributed by atoms with Crippen LogP contribution in [0.15, 0.2) is 42.5 Å². The van der Waals surface area contributed by atoms with Crippen LogP contribution in [0.5, 0.6) is 5.75 Å². The van der Waals surface area contributed by atoms with Gasteiger partial charge in [0.25, 0.3) is 5.91 Å². The Labute approximate surface area is 196 Å². The van der Waals surface area contributed by atoms with Crippen molar-refractivity contribution in [2.75, 3.05) is 6.54 Å². The lowest BCUT2D eigenvalue weighted by atomic mass is 9.86. The highest BCUT2D eigenvalue weighted by Crippen LogP contribution is 2.40. The van der Waals surface area contributed by atoms with Crippen LogP contribution in [0.4, 0.5) is 0 Å². The summed E-state index contributed by atoms with van der Waals surface area (Å²) in [5.41, 5.74) is 4.70. The number of hydrogen-bond acceptors (Lipinski definition) is 3. The fourth-order valence-electron chi connectivity index (χ4n) is 5.22. The molecule has 5 rings (SSSR count). The molecule has 0 bridgehead atoms. The van der Waals surface area contributed by atoms with Gasteiger partial charge in [-0.15, -0.1) is 0 Å². The maximum atomic E-state index is 13.6. The third-order valence-corrected chi connectivity index (χ3v) is 7.33. The van der Waals surface area contributed by atoms with Crippen molar-refractivity contribution in [3.63, 3.8) is 0 Å². The smallest absolute Gasteiger partial charge is 0.260 e. The number of rotatable bonds is 6. The molecule has 2 aromatic rings. The van der Waals surface area contributed by atoms with Crippen molar-refractivity contribution in [2.45, 2.75) is 77.0 Å². The second-order valence-electron chi connectivity index (χ2n) is 9.98. The molecule has 2 atom stereocenters. The number of aryl methyl sites for hydroxylation is 1. The molecule has 0 radical (unpaired) electrons. The van der Waals surface area contributed by atoms with Crippen molar-refractivity contribution in [3.8, 4) is 5.75 Å². The molecule has 3 aliphatic rings. The van der Waals surface area contributed by atoms with Crippen molar-refractivity contribution in [1.29, 1.82) is 0 Å². The normalized spacial score (nSPS) is 21.4. The molecule has 174 valence electrons. The van der Waals surface area contributed by atoms with Crippen LogP contribution >= 0.6 is 0 Å². The molecule has 1 heterocycles. The third kappa shape index (κ3) is 4.78. The van der Waals surface area contributed by atoms with Gasteiger partial charge in [0.05, 0.1) is 6.04 Å². The predicted octanol–water partition coefficient (Wildman–Crippen LogP) is 4.71. The van der Waals surface area contributed by atoms with Gasteiger partial charge in [0.2, 0.25) is 5.91 Å². The zero-order valence-electron chi connectivity index (χ0n) is 19.7. The number of benzene rings is 2. The van der Waals surface area contributed by atoms with Crippen molar-refractivity contribution in [2.24, 2.45) is 5.92 Å². The molecular formula is C28H34N2O3. The standard InChI is InChI=1S/C28H34N2O3/c1-18-7-9-21(10-8-18)26-25-17-24(33-19(2)27(31)29-23-12-13-23)14-11-20(25)15-16-30(26)28(32)22-5-3-4-6-22/h7-11,14,17,19,22-23,26H,3-6,12-13,15-16H2,1-2H3,(H,29,31). The van der Waals surface area contributed by atoms with Crippen LogP contribution in [0.1, 0.15) is 73.7 Å². The maximum Gasteiger partial charge on any atom is 0.260 e. The summed E-state index contributed by atoms with van der Waals surface area (Å²) in [4.78, 5) is 28.1. The molecule has 0 saturated heterocycles. The number of nitrogens with zero attached hydrogens (tertiary/aromatic N) is 1. The second-order valence-corrected chi connectivity index (χ2v) is 9.98. The van der Waals surface area contributed by atoms with Gasteiger partial charge in [-0.1, -0.05) is 48.7 Å². The first-order chi connectivity index (χ1) is 16.0. The average molecular weight is 447 g/mol. The van der Waals surface area contributed by atoms with Crippen LogP contribution in [0.2, 0.25) is 0 Å². The van der Waals surface area contributed by atoms with Crippen molar-refractivity contribution < 1.29 is 14.3 Å². The largest absolute Gasteiger partial charge is 0.481 e. The molecule has 2 aromatic carbocycles. The van der Waals surface area contributed by atoms with Gasteiger partial charge in [0.15, 0.2) is 6.10 Å². The summed E-state index contributed by atoms with van der Waals surface area (Å²) in [5, 5.41) is 3.01. The summed E-state index contributed by atoms with van der Waals surface area (Å²) in [6.07, 6.45) is 6.69. The lowest BCUT2D eigenvalue weighted by Crippen LogP contribution is -2.43. The number of carbonyl (C=O) groups excluding carboxylic acids is 2. The molecular weight excluding hydrogens is 412 g/mol. The van der Waals surface area contributed by atoms with E-state index in [9.17, 15) is 9.59 Å². The number of amides is 2. The van der Waals surface area contributed by atoms with Crippen LogP contribution < -0.4 is 10.1 Å². The van der Waals surface area contributed by atoms with Crippen molar-refractivity contribution in [3.05, 3.63) is 64.7 Å². The summed E-state index contributed by atoms with van der Waals surface area (Å²) in [7, 11) is 0. The van der Waals surface area contributed by atoms with E-state index in [-0.39, 0.29) is 23.8 Å². The quantitative estimate of drug-likeness (QED) is 0.699. The summed E-state index contributed by atoms with van der Waals surface area (Å²) >= 11 is 0. The Bertz CT molecular complexity index is 1020. The van der Waals surface area contributed by atoms with Crippen molar-refractivity contribution >= 4 is 11.8 Å². The molecule has 0 aromatic heterocycles. The molecule has 33 heavy (non-hydrogen) atoms. The SMILES string of the molecule is Cc1ccc(C2c3cc(OC(C)C(=O)NC4CC4)ccc3CCN2C(=O)C2CCCC2)cc1. The van der Waals surface area contributed by atoms with E-state index in [0.717, 1.165) is 62.6 Å². The third-order valence-electron chi connectivity index (χ3n) is 7.33. The number of ether oxygens (including phenoxy) is 1. The fraction of sp³-hybridized carbons (Fsp3) is 0.500. The molecule has 2 amide bonds. The van der Waals surface area contributed by atoms with Crippen LogP contribution in [0.3, 0.4) is 0 Å². The minimum Gasteiger partial charge on any atom is -0.481 e. The first kappa shape index (κ1) is 22.0. The van der Waals surface area contributed by atoms with E-state index < -0.39 is 6.10 Å². The Kier molecular flexibility index (Phi) is 6.13. The Balaban J connectivity index is 1.45. The van der Waals surface area contributed by atoms with Crippen LogP contribution in [-0.4, -0.2) is 35.4 Å². The van der Waals surface area contributed by atoms with E-state index >= 15 is 0 Å². The van der Waals surface area contributed by atoms with E-state index in [1.807, 2.05) is 6.07 Å². The van der Waals surface area contributed by atoms with E-state index in [4.69, 9.17) is 4.74 Å². The Hall–Kier alpha value is -2.82. The predicted molar refractivity (Wildman–Crippen MR) is 128 cm³/mol. The Morgan fingerprint density at radius 2 is 1.76 bits per heavy atom. The molecule has 2 fully saturated rings.